The molecule has 0 fully saturated rings. The number of nitrogens with one attached hydrogen (secondary N) is 2. The van der Waals surface area contributed by atoms with Crippen LogP contribution in [0.15, 0.2) is 29.5 Å². The summed E-state index contributed by atoms with van der Waals surface area (Å²) in [4.78, 5) is 8.22. The molecule has 2 rings (SSSR count). The molecule has 0 spiro atoms. The highest BCUT2D eigenvalue weighted by Crippen LogP contribution is 1.95. The maximum atomic E-state index is 4.25. The molecule has 0 amide bonds. The summed E-state index contributed by atoms with van der Waals surface area (Å²) < 4.78 is 0. The molecule has 1 aromatic rings. The molecule has 0 aliphatic carbocycles. The van der Waals surface area contributed by atoms with Gasteiger partial charge in [-0.15, -0.1) is 0 Å². The third-order valence-corrected chi connectivity index (χ3v) is 2.13. The van der Waals surface area contributed by atoms with Crippen molar-refractivity contribution in [1.82, 2.24) is 15.6 Å². The summed E-state index contributed by atoms with van der Waals surface area (Å²) in [7, 11) is 0. The highest BCUT2D eigenvalue weighted by atomic mass is 15.2. The predicted molar refractivity (Wildman–Crippen MR) is 56.2 cm³/mol. The molecule has 2 N–H and O–H groups in total. The van der Waals surface area contributed by atoms with Crippen LogP contribution in [0.25, 0.3) is 0 Å². The lowest BCUT2D eigenvalue weighted by Crippen LogP contribution is -2.34. The Bertz CT molecular complexity index is 307. The topological polar surface area (TPSA) is 49.3 Å². The Morgan fingerprint density at radius 3 is 2.93 bits per heavy atom. The van der Waals surface area contributed by atoms with Crippen LogP contribution in [0.4, 0.5) is 0 Å². The fourth-order valence-electron chi connectivity index (χ4n) is 1.39. The summed E-state index contributed by atoms with van der Waals surface area (Å²) in [5.74, 6) is 0.930. The van der Waals surface area contributed by atoms with Crippen LogP contribution < -0.4 is 10.6 Å². The van der Waals surface area contributed by atoms with Gasteiger partial charge in [-0.3, -0.25) is 9.98 Å². The second-order valence-electron chi connectivity index (χ2n) is 3.19. The van der Waals surface area contributed by atoms with E-state index in [0.29, 0.717) is 0 Å². The standard InChI is InChI=1S/C10H14N4/c1-4-11-5-2-9(1)3-6-12-10-13-7-8-14-10/h1-2,4-5H,3,6-8H2,(H2,12,13,14). The number of aromatic nitrogens is 1. The molecule has 4 heteroatoms. The second-order valence-corrected chi connectivity index (χ2v) is 3.19. The minimum atomic E-state index is 0.886. The Morgan fingerprint density at radius 2 is 2.21 bits per heavy atom. The Hall–Kier alpha value is -1.58. The number of rotatable bonds is 3. The molecule has 0 saturated carbocycles. The smallest absolute Gasteiger partial charge is 0.191 e. The molecule has 74 valence electrons. The molecular formula is C10H14N4. The largest absolute Gasteiger partial charge is 0.356 e. The van der Waals surface area contributed by atoms with E-state index in [0.717, 1.165) is 32.0 Å². The first-order chi connectivity index (χ1) is 6.95. The van der Waals surface area contributed by atoms with Gasteiger partial charge in [0, 0.05) is 25.5 Å². The lowest BCUT2D eigenvalue weighted by Gasteiger charge is -2.05. The maximum absolute atomic E-state index is 4.25. The van der Waals surface area contributed by atoms with Gasteiger partial charge in [-0.1, -0.05) is 0 Å². The summed E-state index contributed by atoms with van der Waals surface area (Å²) in [6.07, 6.45) is 4.64. The number of hydrogen-bond donors (Lipinski definition) is 2. The van der Waals surface area contributed by atoms with E-state index in [-0.39, 0.29) is 0 Å². The highest BCUT2D eigenvalue weighted by Gasteiger charge is 2.02. The summed E-state index contributed by atoms with van der Waals surface area (Å²) in [5.41, 5.74) is 1.30. The zero-order chi connectivity index (χ0) is 9.64. The molecule has 0 aromatic carbocycles. The molecule has 0 atom stereocenters. The predicted octanol–water partition coefficient (Wildman–Crippen LogP) is 0.173. The number of nitrogens with zero attached hydrogens (tertiary/aromatic N) is 2. The van der Waals surface area contributed by atoms with Gasteiger partial charge in [0.05, 0.1) is 6.54 Å². The van der Waals surface area contributed by atoms with Gasteiger partial charge < -0.3 is 10.6 Å². The fraction of sp³-hybridized carbons (Fsp3) is 0.400. The quantitative estimate of drug-likeness (QED) is 0.714. The van der Waals surface area contributed by atoms with Crippen LogP contribution in [0.2, 0.25) is 0 Å². The summed E-state index contributed by atoms with van der Waals surface area (Å²) in [5, 5.41) is 6.42. The first-order valence-electron chi connectivity index (χ1n) is 4.86. The monoisotopic (exact) mass is 190 g/mol. The van der Waals surface area contributed by atoms with E-state index >= 15 is 0 Å². The Morgan fingerprint density at radius 1 is 1.36 bits per heavy atom. The van der Waals surface area contributed by atoms with Crippen LogP contribution >= 0.6 is 0 Å². The summed E-state index contributed by atoms with van der Waals surface area (Å²) in [6, 6.07) is 4.07. The van der Waals surface area contributed by atoms with E-state index in [4.69, 9.17) is 0 Å². The minimum Gasteiger partial charge on any atom is -0.356 e. The summed E-state index contributed by atoms with van der Waals surface area (Å²) >= 11 is 0. The van der Waals surface area contributed by atoms with Crippen molar-refractivity contribution in [2.75, 3.05) is 19.6 Å². The lowest BCUT2D eigenvalue weighted by molar-refractivity contribution is 0.836. The molecule has 4 nitrogen and oxygen atoms in total. The molecule has 1 aromatic heterocycles. The van der Waals surface area contributed by atoms with E-state index in [9.17, 15) is 0 Å². The van der Waals surface area contributed by atoms with Crippen molar-refractivity contribution in [1.29, 1.82) is 0 Å². The molecule has 1 aliphatic rings. The van der Waals surface area contributed by atoms with Crippen LogP contribution in [-0.2, 0) is 6.42 Å². The minimum absolute atomic E-state index is 0.886. The lowest BCUT2D eigenvalue weighted by atomic mass is 10.2. The van der Waals surface area contributed by atoms with Gasteiger partial charge in [-0.2, -0.15) is 0 Å². The average Bonchev–Trinajstić information content (AvgIpc) is 2.72. The van der Waals surface area contributed by atoms with Crippen molar-refractivity contribution in [2.24, 2.45) is 4.99 Å². The molecule has 0 bridgehead atoms. The Kier molecular flexibility index (Phi) is 2.95. The van der Waals surface area contributed by atoms with E-state index in [1.807, 2.05) is 24.5 Å². The third-order valence-electron chi connectivity index (χ3n) is 2.13. The van der Waals surface area contributed by atoms with Crippen LogP contribution in [0.3, 0.4) is 0 Å². The number of pyridine rings is 1. The Labute approximate surface area is 83.5 Å². The molecule has 0 saturated heterocycles. The van der Waals surface area contributed by atoms with E-state index < -0.39 is 0 Å². The average molecular weight is 190 g/mol. The Balaban J connectivity index is 1.73. The zero-order valence-corrected chi connectivity index (χ0v) is 8.03. The number of aliphatic imine (C=N–C) groups is 1. The van der Waals surface area contributed by atoms with Crippen molar-refractivity contribution in [3.8, 4) is 0 Å². The van der Waals surface area contributed by atoms with E-state index in [1.54, 1.807) is 0 Å². The first-order valence-corrected chi connectivity index (χ1v) is 4.86. The molecule has 2 heterocycles. The SMILES string of the molecule is c1cc(CCNC2=NCCN2)ccn1. The third kappa shape index (κ3) is 2.45. The molecular weight excluding hydrogens is 176 g/mol. The van der Waals surface area contributed by atoms with Gasteiger partial charge in [0.15, 0.2) is 5.96 Å². The molecule has 14 heavy (non-hydrogen) atoms. The fourth-order valence-corrected chi connectivity index (χ4v) is 1.39. The van der Waals surface area contributed by atoms with Crippen molar-refractivity contribution in [3.63, 3.8) is 0 Å². The maximum Gasteiger partial charge on any atom is 0.191 e. The van der Waals surface area contributed by atoms with Gasteiger partial charge >= 0.3 is 0 Å². The molecule has 1 aliphatic heterocycles. The van der Waals surface area contributed by atoms with Crippen molar-refractivity contribution in [3.05, 3.63) is 30.1 Å². The summed E-state index contributed by atoms with van der Waals surface area (Å²) in [6.45, 7) is 2.75. The van der Waals surface area contributed by atoms with Gasteiger partial charge in [-0.05, 0) is 24.1 Å². The number of hydrogen-bond acceptors (Lipinski definition) is 4. The van der Waals surface area contributed by atoms with Crippen molar-refractivity contribution >= 4 is 5.96 Å². The first kappa shape index (κ1) is 8.99. The van der Waals surface area contributed by atoms with E-state index in [1.165, 1.54) is 5.56 Å². The molecule has 0 radical (unpaired) electrons. The van der Waals surface area contributed by atoms with Crippen molar-refractivity contribution in [2.45, 2.75) is 6.42 Å². The van der Waals surface area contributed by atoms with Crippen LogP contribution in [0.5, 0.6) is 0 Å². The highest BCUT2D eigenvalue weighted by molar-refractivity contribution is 5.81. The molecule has 0 unspecified atom stereocenters. The van der Waals surface area contributed by atoms with Crippen LogP contribution in [-0.4, -0.2) is 30.6 Å². The van der Waals surface area contributed by atoms with E-state index in [2.05, 4.69) is 20.6 Å². The zero-order valence-electron chi connectivity index (χ0n) is 8.03. The van der Waals surface area contributed by atoms with Gasteiger partial charge in [-0.25, -0.2) is 0 Å². The number of guanidine groups is 1. The van der Waals surface area contributed by atoms with Crippen molar-refractivity contribution < 1.29 is 0 Å². The van der Waals surface area contributed by atoms with Gasteiger partial charge in [0.25, 0.3) is 0 Å². The van der Waals surface area contributed by atoms with Crippen LogP contribution in [0, 0.1) is 0 Å². The van der Waals surface area contributed by atoms with Crippen LogP contribution in [0.1, 0.15) is 5.56 Å². The normalized spacial score (nSPS) is 14.7. The van der Waals surface area contributed by atoms with Gasteiger partial charge in [0.1, 0.15) is 0 Å². The second kappa shape index (κ2) is 4.60. The van der Waals surface area contributed by atoms with Gasteiger partial charge in [0.2, 0.25) is 0 Å².